The van der Waals surface area contributed by atoms with Crippen LogP contribution in [0.1, 0.15) is 0 Å². The standard InChI is InChI=1S/C12H10N2O4/c13-4-9-5-16-6-12(15)14(9)8-1-2-10-11(3-8)18-7-17-10/h1-3,9H,5-7H2. The molecule has 0 radical (unpaired) electrons. The van der Waals surface area contributed by atoms with Crippen molar-refractivity contribution in [1.29, 1.82) is 5.26 Å². The number of nitrogens with zero attached hydrogens (tertiary/aromatic N) is 2. The Labute approximate surface area is 103 Å². The Morgan fingerprint density at radius 2 is 2.17 bits per heavy atom. The lowest BCUT2D eigenvalue weighted by atomic mass is 10.2. The number of rotatable bonds is 1. The molecule has 0 saturated carbocycles. The molecular weight excluding hydrogens is 236 g/mol. The fourth-order valence-corrected chi connectivity index (χ4v) is 2.03. The molecule has 1 amide bonds. The molecule has 0 spiro atoms. The lowest BCUT2D eigenvalue weighted by Crippen LogP contribution is -2.49. The second kappa shape index (κ2) is 4.20. The van der Waals surface area contributed by atoms with Crippen molar-refractivity contribution in [3.63, 3.8) is 0 Å². The largest absolute Gasteiger partial charge is 0.454 e. The minimum absolute atomic E-state index is 0.00732. The predicted octanol–water partition coefficient (Wildman–Crippen LogP) is 0.671. The van der Waals surface area contributed by atoms with Crippen LogP contribution in [0, 0.1) is 11.3 Å². The quantitative estimate of drug-likeness (QED) is 0.728. The number of carbonyl (C=O) groups is 1. The number of hydrogen-bond acceptors (Lipinski definition) is 5. The second-order valence-electron chi connectivity index (χ2n) is 3.96. The molecule has 3 rings (SSSR count). The Bertz CT molecular complexity index is 537. The molecule has 6 nitrogen and oxygen atoms in total. The smallest absolute Gasteiger partial charge is 0.254 e. The summed E-state index contributed by atoms with van der Waals surface area (Å²) in [7, 11) is 0. The summed E-state index contributed by atoms with van der Waals surface area (Å²) < 4.78 is 15.5. The number of morpholine rings is 1. The zero-order valence-corrected chi connectivity index (χ0v) is 9.46. The van der Waals surface area contributed by atoms with Crippen molar-refractivity contribution in [1.82, 2.24) is 0 Å². The third-order valence-electron chi connectivity index (χ3n) is 2.86. The van der Waals surface area contributed by atoms with Gasteiger partial charge in [-0.05, 0) is 12.1 Å². The van der Waals surface area contributed by atoms with Crippen LogP contribution < -0.4 is 14.4 Å². The zero-order valence-electron chi connectivity index (χ0n) is 9.46. The van der Waals surface area contributed by atoms with Gasteiger partial charge in [0.2, 0.25) is 6.79 Å². The first kappa shape index (κ1) is 10.9. The van der Waals surface area contributed by atoms with Crippen molar-refractivity contribution in [3.05, 3.63) is 18.2 Å². The van der Waals surface area contributed by atoms with Crippen LogP contribution in [-0.2, 0) is 9.53 Å². The highest BCUT2D eigenvalue weighted by Crippen LogP contribution is 2.36. The summed E-state index contributed by atoms with van der Waals surface area (Å²) in [6.07, 6.45) is 0. The molecule has 18 heavy (non-hydrogen) atoms. The van der Waals surface area contributed by atoms with E-state index >= 15 is 0 Å². The molecule has 1 saturated heterocycles. The molecule has 2 aliphatic rings. The molecule has 1 aromatic rings. The Hall–Kier alpha value is -2.26. The highest BCUT2D eigenvalue weighted by atomic mass is 16.7. The zero-order chi connectivity index (χ0) is 12.5. The van der Waals surface area contributed by atoms with Crippen molar-refractivity contribution in [2.45, 2.75) is 6.04 Å². The van der Waals surface area contributed by atoms with Crippen LogP contribution in [0.4, 0.5) is 5.69 Å². The summed E-state index contributed by atoms with van der Waals surface area (Å²) in [6.45, 7) is 0.390. The second-order valence-corrected chi connectivity index (χ2v) is 3.96. The Balaban J connectivity index is 1.97. The maximum Gasteiger partial charge on any atom is 0.254 e. The van der Waals surface area contributed by atoms with E-state index < -0.39 is 6.04 Å². The average molecular weight is 246 g/mol. The summed E-state index contributed by atoms with van der Waals surface area (Å²) in [5.41, 5.74) is 0.624. The van der Waals surface area contributed by atoms with E-state index in [0.717, 1.165) is 0 Å². The van der Waals surface area contributed by atoms with Gasteiger partial charge in [-0.15, -0.1) is 0 Å². The van der Waals surface area contributed by atoms with Gasteiger partial charge in [0.05, 0.1) is 12.7 Å². The number of carbonyl (C=O) groups excluding carboxylic acids is 1. The first-order chi connectivity index (χ1) is 8.79. The van der Waals surface area contributed by atoms with Gasteiger partial charge < -0.3 is 14.2 Å². The topological polar surface area (TPSA) is 71.8 Å². The van der Waals surface area contributed by atoms with E-state index in [-0.39, 0.29) is 25.9 Å². The third kappa shape index (κ3) is 1.65. The van der Waals surface area contributed by atoms with Crippen molar-refractivity contribution >= 4 is 11.6 Å². The summed E-state index contributed by atoms with van der Waals surface area (Å²) in [4.78, 5) is 13.3. The van der Waals surface area contributed by atoms with Gasteiger partial charge in [0.25, 0.3) is 5.91 Å². The van der Waals surface area contributed by atoms with Gasteiger partial charge in [-0.2, -0.15) is 5.26 Å². The van der Waals surface area contributed by atoms with Crippen molar-refractivity contribution in [2.24, 2.45) is 0 Å². The highest BCUT2D eigenvalue weighted by Gasteiger charge is 2.31. The number of hydrogen-bond donors (Lipinski definition) is 0. The Morgan fingerprint density at radius 1 is 1.33 bits per heavy atom. The minimum atomic E-state index is -0.605. The molecule has 0 aromatic heterocycles. The van der Waals surface area contributed by atoms with E-state index in [4.69, 9.17) is 19.5 Å². The number of nitriles is 1. The summed E-state index contributed by atoms with van der Waals surface area (Å²) in [5.74, 6) is 1.00. The van der Waals surface area contributed by atoms with Crippen molar-refractivity contribution in [2.75, 3.05) is 24.9 Å². The highest BCUT2D eigenvalue weighted by molar-refractivity contribution is 5.96. The van der Waals surface area contributed by atoms with Crippen LogP contribution in [0.15, 0.2) is 18.2 Å². The minimum Gasteiger partial charge on any atom is -0.454 e. The Kier molecular flexibility index (Phi) is 2.54. The molecule has 6 heteroatoms. The Morgan fingerprint density at radius 3 is 3.00 bits per heavy atom. The van der Waals surface area contributed by atoms with Crippen LogP contribution in [-0.4, -0.2) is 32.0 Å². The number of amides is 1. The van der Waals surface area contributed by atoms with Crippen LogP contribution in [0.5, 0.6) is 11.5 Å². The molecular formula is C12H10N2O4. The molecule has 1 unspecified atom stereocenters. The fourth-order valence-electron chi connectivity index (χ4n) is 2.03. The van der Waals surface area contributed by atoms with E-state index in [1.54, 1.807) is 18.2 Å². The van der Waals surface area contributed by atoms with Gasteiger partial charge in [-0.3, -0.25) is 9.69 Å². The summed E-state index contributed by atoms with van der Waals surface area (Å²) >= 11 is 0. The molecule has 1 aromatic carbocycles. The summed E-state index contributed by atoms with van der Waals surface area (Å²) in [5, 5.41) is 9.05. The number of anilines is 1. The number of benzene rings is 1. The van der Waals surface area contributed by atoms with E-state index in [1.165, 1.54) is 4.90 Å². The van der Waals surface area contributed by atoms with Crippen LogP contribution >= 0.6 is 0 Å². The van der Waals surface area contributed by atoms with Gasteiger partial charge in [-0.25, -0.2) is 0 Å². The first-order valence-electron chi connectivity index (χ1n) is 5.48. The van der Waals surface area contributed by atoms with Crippen LogP contribution in [0.2, 0.25) is 0 Å². The van der Waals surface area contributed by atoms with E-state index in [1.807, 2.05) is 0 Å². The molecule has 0 bridgehead atoms. The van der Waals surface area contributed by atoms with Gasteiger partial charge in [-0.1, -0.05) is 0 Å². The van der Waals surface area contributed by atoms with Crippen molar-refractivity contribution in [3.8, 4) is 17.6 Å². The van der Waals surface area contributed by atoms with Gasteiger partial charge in [0.15, 0.2) is 11.5 Å². The lowest BCUT2D eigenvalue weighted by Gasteiger charge is -2.31. The fraction of sp³-hybridized carbons (Fsp3) is 0.333. The normalized spacial score (nSPS) is 21.8. The lowest BCUT2D eigenvalue weighted by molar-refractivity contribution is -0.126. The maximum atomic E-state index is 11.8. The van der Waals surface area contributed by atoms with Gasteiger partial charge in [0.1, 0.15) is 12.6 Å². The summed E-state index contributed by atoms with van der Waals surface area (Å²) in [6, 6.07) is 6.63. The van der Waals surface area contributed by atoms with E-state index in [9.17, 15) is 4.79 Å². The molecule has 0 aliphatic carbocycles. The third-order valence-corrected chi connectivity index (χ3v) is 2.86. The predicted molar refractivity (Wildman–Crippen MR) is 60.3 cm³/mol. The number of ether oxygens (including phenoxy) is 3. The maximum absolute atomic E-state index is 11.8. The molecule has 2 heterocycles. The van der Waals surface area contributed by atoms with E-state index in [0.29, 0.717) is 17.2 Å². The van der Waals surface area contributed by atoms with Gasteiger partial charge >= 0.3 is 0 Å². The van der Waals surface area contributed by atoms with E-state index in [2.05, 4.69) is 6.07 Å². The first-order valence-corrected chi connectivity index (χ1v) is 5.48. The molecule has 2 aliphatic heterocycles. The van der Waals surface area contributed by atoms with Gasteiger partial charge in [0, 0.05) is 11.8 Å². The monoisotopic (exact) mass is 246 g/mol. The molecule has 1 fully saturated rings. The number of fused-ring (bicyclic) bond motifs is 1. The van der Waals surface area contributed by atoms with Crippen LogP contribution in [0.25, 0.3) is 0 Å². The van der Waals surface area contributed by atoms with Crippen LogP contribution in [0.3, 0.4) is 0 Å². The van der Waals surface area contributed by atoms with Crippen molar-refractivity contribution < 1.29 is 19.0 Å². The molecule has 1 atom stereocenters. The molecule has 0 N–H and O–H groups in total. The average Bonchev–Trinajstić information content (AvgIpc) is 2.85. The SMILES string of the molecule is N#CC1COCC(=O)N1c1ccc2c(c1)OCO2. The molecule has 92 valence electrons.